The molecule has 1 unspecified atom stereocenters. The van der Waals surface area contributed by atoms with Crippen molar-refractivity contribution in [1.82, 2.24) is 15.0 Å². The molecular weight excluding hydrogens is 308 g/mol. The molecule has 1 aromatic carbocycles. The molecule has 126 valence electrons. The van der Waals surface area contributed by atoms with Crippen molar-refractivity contribution in [3.05, 3.63) is 35.7 Å². The summed E-state index contributed by atoms with van der Waals surface area (Å²) in [6, 6.07) is 7.67. The Hall–Kier alpha value is -2.70. The molecule has 1 aromatic heterocycles. The van der Waals surface area contributed by atoms with E-state index in [0.717, 1.165) is 16.8 Å². The van der Waals surface area contributed by atoms with Crippen LogP contribution >= 0.6 is 0 Å². The Morgan fingerprint density at radius 2 is 2.08 bits per heavy atom. The second-order valence-corrected chi connectivity index (χ2v) is 5.75. The molecule has 0 N–H and O–H groups in total. The van der Waals surface area contributed by atoms with E-state index < -0.39 is 0 Å². The van der Waals surface area contributed by atoms with Gasteiger partial charge < -0.3 is 14.3 Å². The van der Waals surface area contributed by atoms with Gasteiger partial charge in [0.1, 0.15) is 6.61 Å². The van der Waals surface area contributed by atoms with E-state index in [0.29, 0.717) is 31.4 Å². The summed E-state index contributed by atoms with van der Waals surface area (Å²) < 4.78 is 4.98. The molecule has 0 spiro atoms. The average molecular weight is 328 g/mol. The first kappa shape index (κ1) is 16.2. The predicted molar refractivity (Wildman–Crippen MR) is 88.5 cm³/mol. The Morgan fingerprint density at radius 3 is 2.67 bits per heavy atom. The van der Waals surface area contributed by atoms with Gasteiger partial charge in [-0.1, -0.05) is 34.6 Å². The first-order chi connectivity index (χ1) is 11.6. The Balaban J connectivity index is 1.63. The molecule has 2 heterocycles. The van der Waals surface area contributed by atoms with Crippen molar-refractivity contribution in [2.45, 2.75) is 26.7 Å². The number of likely N-dealkylation sites (tertiary alicyclic amines) is 1. The molecule has 1 aliphatic heterocycles. The molecule has 0 aliphatic carbocycles. The fourth-order valence-electron chi connectivity index (χ4n) is 2.52. The van der Waals surface area contributed by atoms with Crippen molar-refractivity contribution in [3.8, 4) is 11.4 Å². The predicted octanol–water partition coefficient (Wildman–Crippen LogP) is 2.38. The van der Waals surface area contributed by atoms with Gasteiger partial charge in [-0.2, -0.15) is 4.98 Å². The fraction of sp³-hybridized carbons (Fsp3) is 0.412. The van der Waals surface area contributed by atoms with E-state index in [1.807, 2.05) is 38.1 Å². The van der Waals surface area contributed by atoms with Crippen LogP contribution in [0.1, 0.15) is 31.2 Å². The van der Waals surface area contributed by atoms with E-state index in [9.17, 15) is 4.79 Å². The molecule has 24 heavy (non-hydrogen) atoms. The summed E-state index contributed by atoms with van der Waals surface area (Å²) in [5.41, 5.74) is 2.73. The van der Waals surface area contributed by atoms with Crippen LogP contribution < -0.4 is 0 Å². The molecular formula is C17H20N4O3. The lowest BCUT2D eigenvalue weighted by molar-refractivity contribution is -0.132. The van der Waals surface area contributed by atoms with Crippen LogP contribution in [-0.4, -0.2) is 46.4 Å². The van der Waals surface area contributed by atoms with Crippen molar-refractivity contribution in [3.63, 3.8) is 0 Å². The molecule has 7 nitrogen and oxygen atoms in total. The zero-order valence-corrected chi connectivity index (χ0v) is 14.0. The third-order valence-electron chi connectivity index (χ3n) is 3.95. The topological polar surface area (TPSA) is 80.8 Å². The Bertz CT molecular complexity index is 743. The third-order valence-corrected chi connectivity index (χ3v) is 3.95. The van der Waals surface area contributed by atoms with E-state index in [-0.39, 0.29) is 11.8 Å². The van der Waals surface area contributed by atoms with Gasteiger partial charge in [0.05, 0.1) is 24.7 Å². The lowest BCUT2D eigenvalue weighted by Crippen LogP contribution is -2.52. The molecule has 1 atom stereocenters. The van der Waals surface area contributed by atoms with E-state index in [4.69, 9.17) is 9.36 Å². The van der Waals surface area contributed by atoms with Crippen molar-refractivity contribution in [2.24, 2.45) is 5.16 Å². The summed E-state index contributed by atoms with van der Waals surface area (Å²) in [6.07, 6.45) is 0. The largest absolute Gasteiger partial charge is 0.396 e. The number of aryl methyl sites for hydroxylation is 1. The summed E-state index contributed by atoms with van der Waals surface area (Å²) in [7, 11) is 0. The van der Waals surface area contributed by atoms with Crippen LogP contribution in [0.25, 0.3) is 11.4 Å². The number of hydrogen-bond acceptors (Lipinski definition) is 6. The van der Waals surface area contributed by atoms with Crippen LogP contribution in [0, 0.1) is 6.92 Å². The van der Waals surface area contributed by atoms with Gasteiger partial charge in [0, 0.05) is 12.5 Å². The zero-order chi connectivity index (χ0) is 17.1. The summed E-state index contributed by atoms with van der Waals surface area (Å²) in [4.78, 5) is 23.5. The average Bonchev–Trinajstić information content (AvgIpc) is 2.99. The van der Waals surface area contributed by atoms with Gasteiger partial charge >= 0.3 is 0 Å². The van der Waals surface area contributed by atoms with Gasteiger partial charge in [-0.05, 0) is 19.4 Å². The Kier molecular flexibility index (Phi) is 4.59. The van der Waals surface area contributed by atoms with Gasteiger partial charge in [0.25, 0.3) is 0 Å². The molecule has 1 saturated heterocycles. The minimum atomic E-state index is -0.209. The van der Waals surface area contributed by atoms with Gasteiger partial charge in [0.2, 0.25) is 17.6 Å². The van der Waals surface area contributed by atoms with E-state index in [1.165, 1.54) is 0 Å². The Labute approximate surface area is 140 Å². The number of hydrogen-bond donors (Lipinski definition) is 0. The van der Waals surface area contributed by atoms with Crippen LogP contribution in [0.5, 0.6) is 0 Å². The number of benzene rings is 1. The van der Waals surface area contributed by atoms with Crippen molar-refractivity contribution < 1.29 is 14.2 Å². The van der Waals surface area contributed by atoms with E-state index in [1.54, 1.807) is 11.8 Å². The SMILES string of the molecule is CCON=C1CN(C(=O)C(C)c2ccc(-c3noc(C)n3)cc2)C1. The molecule has 1 amide bonds. The van der Waals surface area contributed by atoms with Crippen LogP contribution in [-0.2, 0) is 9.63 Å². The maximum absolute atomic E-state index is 12.5. The number of carbonyl (C=O) groups is 1. The first-order valence-corrected chi connectivity index (χ1v) is 7.95. The number of oxime groups is 1. The normalized spacial score (nSPS) is 15.0. The van der Waals surface area contributed by atoms with Crippen LogP contribution in [0.4, 0.5) is 0 Å². The lowest BCUT2D eigenvalue weighted by atomic mass is 9.96. The molecule has 0 radical (unpaired) electrons. The van der Waals surface area contributed by atoms with Crippen molar-refractivity contribution in [1.29, 1.82) is 0 Å². The number of nitrogens with zero attached hydrogens (tertiary/aromatic N) is 4. The molecule has 3 rings (SSSR count). The summed E-state index contributed by atoms with van der Waals surface area (Å²) in [5.74, 6) is 0.964. The third kappa shape index (κ3) is 3.29. The molecule has 0 saturated carbocycles. The van der Waals surface area contributed by atoms with Gasteiger partial charge in [-0.25, -0.2) is 0 Å². The standard InChI is InChI=1S/C17H20N4O3/c1-4-23-19-15-9-21(10-15)17(22)11(2)13-5-7-14(8-6-13)16-18-12(3)24-20-16/h5-8,11H,4,9-10H2,1-3H3. The summed E-state index contributed by atoms with van der Waals surface area (Å²) in [6.45, 7) is 7.18. The lowest BCUT2D eigenvalue weighted by Gasteiger charge is -2.34. The molecule has 7 heteroatoms. The van der Waals surface area contributed by atoms with Crippen LogP contribution in [0.3, 0.4) is 0 Å². The maximum Gasteiger partial charge on any atom is 0.230 e. The van der Waals surface area contributed by atoms with Crippen molar-refractivity contribution in [2.75, 3.05) is 19.7 Å². The molecule has 1 fully saturated rings. The summed E-state index contributed by atoms with van der Waals surface area (Å²) in [5, 5.41) is 7.85. The van der Waals surface area contributed by atoms with E-state index in [2.05, 4.69) is 15.3 Å². The second-order valence-electron chi connectivity index (χ2n) is 5.75. The highest BCUT2D eigenvalue weighted by Crippen LogP contribution is 2.23. The highest BCUT2D eigenvalue weighted by molar-refractivity contribution is 6.01. The van der Waals surface area contributed by atoms with Crippen molar-refractivity contribution >= 4 is 11.6 Å². The molecule has 1 aliphatic rings. The smallest absolute Gasteiger partial charge is 0.230 e. The molecule has 2 aromatic rings. The maximum atomic E-state index is 12.5. The minimum absolute atomic E-state index is 0.0913. The zero-order valence-electron chi connectivity index (χ0n) is 14.0. The van der Waals surface area contributed by atoms with E-state index >= 15 is 0 Å². The number of aromatic nitrogens is 2. The van der Waals surface area contributed by atoms with Crippen LogP contribution in [0.2, 0.25) is 0 Å². The van der Waals surface area contributed by atoms with Gasteiger partial charge in [0.15, 0.2) is 0 Å². The highest BCUT2D eigenvalue weighted by atomic mass is 16.6. The second kappa shape index (κ2) is 6.82. The molecule has 0 bridgehead atoms. The fourth-order valence-corrected chi connectivity index (χ4v) is 2.52. The highest BCUT2D eigenvalue weighted by Gasteiger charge is 2.31. The number of amides is 1. The monoisotopic (exact) mass is 328 g/mol. The minimum Gasteiger partial charge on any atom is -0.396 e. The quantitative estimate of drug-likeness (QED) is 0.787. The first-order valence-electron chi connectivity index (χ1n) is 7.95. The van der Waals surface area contributed by atoms with Gasteiger partial charge in [-0.15, -0.1) is 0 Å². The number of rotatable bonds is 5. The Morgan fingerprint density at radius 1 is 1.38 bits per heavy atom. The number of carbonyl (C=O) groups excluding carboxylic acids is 1. The summed E-state index contributed by atoms with van der Waals surface area (Å²) >= 11 is 0. The van der Waals surface area contributed by atoms with Gasteiger partial charge in [-0.3, -0.25) is 4.79 Å². The van der Waals surface area contributed by atoms with Crippen LogP contribution in [0.15, 0.2) is 33.9 Å².